The van der Waals surface area contributed by atoms with Crippen LogP contribution in [0.25, 0.3) is 11.0 Å². The van der Waals surface area contributed by atoms with E-state index in [1.165, 1.54) is 25.7 Å². The number of carboxylic acids is 1. The highest BCUT2D eigenvalue weighted by atomic mass is 32.2. The standard InChI is InChI=1S/C17H20O3S/c1-11-5-4-6-12(9-11)21-10-14-13-7-2-3-8-15(13)20-16(14)17(18)19/h2-3,7-8,11-12H,4-6,9-10H2,1H3,(H,18,19). The predicted molar refractivity (Wildman–Crippen MR) is 85.9 cm³/mol. The van der Waals surface area contributed by atoms with E-state index in [0.29, 0.717) is 10.8 Å². The molecular formula is C17H20O3S. The van der Waals surface area contributed by atoms with Gasteiger partial charge in [-0.1, -0.05) is 38.0 Å². The van der Waals surface area contributed by atoms with E-state index in [1.807, 2.05) is 36.0 Å². The highest BCUT2D eigenvalue weighted by Gasteiger charge is 2.23. The molecular weight excluding hydrogens is 284 g/mol. The van der Waals surface area contributed by atoms with Crippen molar-refractivity contribution in [2.75, 3.05) is 0 Å². The minimum absolute atomic E-state index is 0.104. The van der Waals surface area contributed by atoms with Crippen LogP contribution in [-0.4, -0.2) is 16.3 Å². The van der Waals surface area contributed by atoms with Crippen LogP contribution in [0.5, 0.6) is 0 Å². The molecule has 1 fully saturated rings. The summed E-state index contributed by atoms with van der Waals surface area (Å²) < 4.78 is 5.51. The third-order valence-corrected chi connectivity index (χ3v) is 5.60. The van der Waals surface area contributed by atoms with Crippen LogP contribution in [0.4, 0.5) is 0 Å². The summed E-state index contributed by atoms with van der Waals surface area (Å²) in [5.74, 6) is 0.637. The van der Waals surface area contributed by atoms with Crippen LogP contribution in [0, 0.1) is 5.92 Å². The minimum atomic E-state index is -0.973. The van der Waals surface area contributed by atoms with Gasteiger partial charge >= 0.3 is 5.97 Å². The highest BCUT2D eigenvalue weighted by Crippen LogP contribution is 2.36. The van der Waals surface area contributed by atoms with Gasteiger partial charge in [0.1, 0.15) is 5.58 Å². The second-order valence-corrected chi connectivity index (χ2v) is 7.20. The molecule has 1 aromatic heterocycles. The van der Waals surface area contributed by atoms with Crippen LogP contribution >= 0.6 is 11.8 Å². The number of thioether (sulfide) groups is 1. The molecule has 0 aliphatic heterocycles. The van der Waals surface area contributed by atoms with Crippen molar-refractivity contribution in [3.8, 4) is 0 Å². The Morgan fingerprint density at radius 2 is 2.19 bits per heavy atom. The molecule has 1 aliphatic carbocycles. The maximum Gasteiger partial charge on any atom is 0.372 e. The zero-order valence-electron chi connectivity index (χ0n) is 12.2. The summed E-state index contributed by atoms with van der Waals surface area (Å²) in [6, 6.07) is 7.58. The Bertz CT molecular complexity index is 647. The number of carbonyl (C=O) groups is 1. The quantitative estimate of drug-likeness (QED) is 0.869. The first-order chi connectivity index (χ1) is 10.1. The van der Waals surface area contributed by atoms with Gasteiger partial charge in [-0.25, -0.2) is 4.79 Å². The van der Waals surface area contributed by atoms with Crippen molar-refractivity contribution >= 4 is 28.7 Å². The topological polar surface area (TPSA) is 50.4 Å². The first kappa shape index (κ1) is 14.5. The summed E-state index contributed by atoms with van der Waals surface area (Å²) in [5.41, 5.74) is 1.50. The molecule has 2 unspecified atom stereocenters. The number of aromatic carboxylic acids is 1. The molecule has 2 aromatic rings. The third kappa shape index (κ3) is 3.10. The Labute approximate surface area is 128 Å². The largest absolute Gasteiger partial charge is 0.475 e. The van der Waals surface area contributed by atoms with Crippen molar-refractivity contribution in [2.45, 2.75) is 43.6 Å². The van der Waals surface area contributed by atoms with Gasteiger partial charge in [0.2, 0.25) is 5.76 Å². The van der Waals surface area contributed by atoms with E-state index >= 15 is 0 Å². The molecule has 0 amide bonds. The fourth-order valence-corrected chi connectivity index (χ4v) is 4.63. The van der Waals surface area contributed by atoms with E-state index in [9.17, 15) is 9.90 Å². The molecule has 1 aliphatic rings. The lowest BCUT2D eigenvalue weighted by atomic mass is 9.91. The maximum atomic E-state index is 11.4. The fourth-order valence-electron chi connectivity index (χ4n) is 3.15. The van der Waals surface area contributed by atoms with Gasteiger partial charge in [-0.05, 0) is 24.8 Å². The van der Waals surface area contributed by atoms with Gasteiger partial charge < -0.3 is 9.52 Å². The van der Waals surface area contributed by atoms with Crippen molar-refractivity contribution in [1.82, 2.24) is 0 Å². The molecule has 1 N–H and O–H groups in total. The number of furan rings is 1. The van der Waals surface area contributed by atoms with Crippen LogP contribution < -0.4 is 0 Å². The van der Waals surface area contributed by atoms with E-state index in [2.05, 4.69) is 6.92 Å². The highest BCUT2D eigenvalue weighted by molar-refractivity contribution is 7.99. The summed E-state index contributed by atoms with van der Waals surface area (Å²) in [7, 11) is 0. The van der Waals surface area contributed by atoms with Crippen LogP contribution in [0.1, 0.15) is 48.7 Å². The van der Waals surface area contributed by atoms with E-state index < -0.39 is 5.97 Å². The molecule has 1 saturated carbocycles. The molecule has 1 aromatic carbocycles. The minimum Gasteiger partial charge on any atom is -0.475 e. The molecule has 3 rings (SSSR count). The van der Waals surface area contributed by atoms with Crippen molar-refractivity contribution < 1.29 is 14.3 Å². The molecule has 0 bridgehead atoms. The Hall–Kier alpha value is -1.42. The van der Waals surface area contributed by atoms with Gasteiger partial charge in [-0.3, -0.25) is 0 Å². The maximum absolute atomic E-state index is 11.4. The van der Waals surface area contributed by atoms with Crippen molar-refractivity contribution in [2.24, 2.45) is 5.92 Å². The molecule has 0 radical (unpaired) electrons. The molecule has 2 atom stereocenters. The van der Waals surface area contributed by atoms with Gasteiger partial charge in [-0.2, -0.15) is 11.8 Å². The van der Waals surface area contributed by atoms with Crippen molar-refractivity contribution in [3.05, 3.63) is 35.6 Å². The molecule has 3 nitrogen and oxygen atoms in total. The first-order valence-electron chi connectivity index (χ1n) is 7.50. The Kier molecular flexibility index (Phi) is 4.24. The average molecular weight is 304 g/mol. The normalized spacial score (nSPS) is 22.5. The van der Waals surface area contributed by atoms with Crippen LogP contribution in [0.3, 0.4) is 0 Å². The summed E-state index contributed by atoms with van der Waals surface area (Å²) in [6.45, 7) is 2.31. The molecule has 0 spiro atoms. The lowest BCUT2D eigenvalue weighted by Gasteiger charge is -2.26. The zero-order valence-corrected chi connectivity index (χ0v) is 13.0. The number of fused-ring (bicyclic) bond motifs is 1. The number of hydrogen-bond acceptors (Lipinski definition) is 3. The van der Waals surface area contributed by atoms with Gasteiger partial charge in [0.15, 0.2) is 0 Å². The second-order valence-electron chi connectivity index (χ2n) is 5.92. The van der Waals surface area contributed by atoms with Crippen molar-refractivity contribution in [3.63, 3.8) is 0 Å². The summed E-state index contributed by atoms with van der Waals surface area (Å²) >= 11 is 1.88. The lowest BCUT2D eigenvalue weighted by molar-refractivity contribution is 0.0664. The summed E-state index contributed by atoms with van der Waals surface area (Å²) in [4.78, 5) is 11.4. The molecule has 21 heavy (non-hydrogen) atoms. The first-order valence-corrected chi connectivity index (χ1v) is 8.55. The van der Waals surface area contributed by atoms with E-state index in [0.717, 1.165) is 22.6 Å². The van der Waals surface area contributed by atoms with Gasteiger partial charge in [-0.15, -0.1) is 0 Å². The summed E-state index contributed by atoms with van der Waals surface area (Å²) in [6.07, 6.45) is 5.10. The smallest absolute Gasteiger partial charge is 0.372 e. The van der Waals surface area contributed by atoms with Crippen LogP contribution in [0.15, 0.2) is 28.7 Å². The Balaban J connectivity index is 1.82. The SMILES string of the molecule is CC1CCCC(SCc2c(C(=O)O)oc3ccccc23)C1. The van der Waals surface area contributed by atoms with Crippen LogP contribution in [0.2, 0.25) is 0 Å². The van der Waals surface area contributed by atoms with E-state index in [1.54, 1.807) is 0 Å². The lowest BCUT2D eigenvalue weighted by Crippen LogP contribution is -2.15. The number of carboxylic acid groups (broad SMARTS) is 1. The number of rotatable bonds is 4. The third-order valence-electron chi connectivity index (χ3n) is 4.24. The Morgan fingerprint density at radius 1 is 1.38 bits per heavy atom. The number of benzene rings is 1. The van der Waals surface area contributed by atoms with Gasteiger partial charge in [0.05, 0.1) is 0 Å². The summed E-state index contributed by atoms with van der Waals surface area (Å²) in [5, 5.41) is 10.9. The zero-order chi connectivity index (χ0) is 14.8. The molecule has 0 saturated heterocycles. The van der Waals surface area contributed by atoms with Gasteiger partial charge in [0.25, 0.3) is 0 Å². The average Bonchev–Trinajstić information content (AvgIpc) is 2.84. The van der Waals surface area contributed by atoms with Crippen LogP contribution in [-0.2, 0) is 5.75 Å². The Morgan fingerprint density at radius 3 is 2.95 bits per heavy atom. The monoisotopic (exact) mass is 304 g/mol. The molecule has 1 heterocycles. The molecule has 112 valence electrons. The number of hydrogen-bond donors (Lipinski definition) is 1. The molecule has 4 heteroatoms. The van der Waals surface area contributed by atoms with E-state index in [4.69, 9.17) is 4.42 Å². The van der Waals surface area contributed by atoms with Gasteiger partial charge in [0, 0.05) is 22.0 Å². The predicted octanol–water partition coefficient (Wildman–Crippen LogP) is 4.94. The number of para-hydroxylation sites is 1. The van der Waals surface area contributed by atoms with E-state index in [-0.39, 0.29) is 5.76 Å². The second kappa shape index (κ2) is 6.14. The fraction of sp³-hybridized carbons (Fsp3) is 0.471. The van der Waals surface area contributed by atoms with Crippen molar-refractivity contribution in [1.29, 1.82) is 0 Å².